The van der Waals surface area contributed by atoms with Crippen LogP contribution in [-0.4, -0.2) is 23.3 Å². The molecule has 20 heavy (non-hydrogen) atoms. The Bertz CT molecular complexity index is 524. The molecular formula is C15H23N3S2. The van der Waals surface area contributed by atoms with Crippen molar-refractivity contribution in [1.29, 1.82) is 0 Å². The van der Waals surface area contributed by atoms with Gasteiger partial charge in [0.15, 0.2) is 5.01 Å². The summed E-state index contributed by atoms with van der Waals surface area (Å²) in [6.07, 6.45) is 2.15. The van der Waals surface area contributed by atoms with E-state index in [0.29, 0.717) is 5.92 Å². The summed E-state index contributed by atoms with van der Waals surface area (Å²) in [6, 6.07) is 2.22. The zero-order valence-electron chi connectivity index (χ0n) is 12.7. The summed E-state index contributed by atoms with van der Waals surface area (Å²) in [5.41, 5.74) is 1.35. The minimum Gasteiger partial charge on any atom is -0.316 e. The van der Waals surface area contributed by atoms with E-state index < -0.39 is 0 Å². The van der Waals surface area contributed by atoms with Crippen molar-refractivity contribution < 1.29 is 0 Å². The highest BCUT2D eigenvalue weighted by Crippen LogP contribution is 2.32. The van der Waals surface area contributed by atoms with Gasteiger partial charge in [-0.3, -0.25) is 0 Å². The first kappa shape index (κ1) is 15.6. The van der Waals surface area contributed by atoms with Crippen LogP contribution in [0, 0.1) is 19.8 Å². The maximum atomic E-state index is 4.33. The molecule has 2 aromatic heterocycles. The molecule has 2 aromatic rings. The highest BCUT2D eigenvalue weighted by Gasteiger charge is 2.10. The van der Waals surface area contributed by atoms with E-state index in [-0.39, 0.29) is 0 Å². The second-order valence-electron chi connectivity index (χ2n) is 5.55. The van der Waals surface area contributed by atoms with Crippen molar-refractivity contribution in [2.24, 2.45) is 5.92 Å². The van der Waals surface area contributed by atoms with Gasteiger partial charge in [-0.25, -0.2) is 0 Å². The Hall–Kier alpha value is -0.780. The van der Waals surface area contributed by atoms with Crippen LogP contribution in [0.3, 0.4) is 0 Å². The van der Waals surface area contributed by atoms with Gasteiger partial charge in [-0.05, 0) is 50.9 Å². The van der Waals surface area contributed by atoms with Crippen LogP contribution in [0.4, 0.5) is 0 Å². The molecule has 0 amide bonds. The number of aryl methyl sites for hydroxylation is 3. The molecule has 0 radical (unpaired) electrons. The quantitative estimate of drug-likeness (QED) is 0.784. The van der Waals surface area contributed by atoms with Gasteiger partial charge in [0.05, 0.1) is 4.88 Å². The predicted octanol–water partition coefficient (Wildman–Crippen LogP) is 4.06. The third-order valence-electron chi connectivity index (χ3n) is 3.14. The molecule has 3 nitrogen and oxygen atoms in total. The van der Waals surface area contributed by atoms with E-state index in [0.717, 1.165) is 35.9 Å². The summed E-state index contributed by atoms with van der Waals surface area (Å²) in [5.74, 6) is 0.716. The molecule has 110 valence electrons. The van der Waals surface area contributed by atoms with Crippen LogP contribution in [0.2, 0.25) is 0 Å². The summed E-state index contributed by atoms with van der Waals surface area (Å²) in [4.78, 5) is 2.62. The fourth-order valence-electron chi connectivity index (χ4n) is 1.89. The monoisotopic (exact) mass is 309 g/mol. The number of rotatable bonds is 7. The molecule has 0 spiro atoms. The van der Waals surface area contributed by atoms with Crippen LogP contribution in [0.5, 0.6) is 0 Å². The predicted molar refractivity (Wildman–Crippen MR) is 88.7 cm³/mol. The highest BCUT2D eigenvalue weighted by atomic mass is 32.1. The molecule has 0 saturated carbocycles. The third kappa shape index (κ3) is 4.36. The minimum atomic E-state index is 0.716. The summed E-state index contributed by atoms with van der Waals surface area (Å²) in [7, 11) is 0. The third-order valence-corrected chi connectivity index (χ3v) is 5.45. The molecular weight excluding hydrogens is 286 g/mol. The van der Waals surface area contributed by atoms with Gasteiger partial charge in [-0.1, -0.05) is 25.2 Å². The van der Waals surface area contributed by atoms with E-state index >= 15 is 0 Å². The van der Waals surface area contributed by atoms with Crippen molar-refractivity contribution in [2.45, 2.75) is 40.5 Å². The van der Waals surface area contributed by atoms with Crippen LogP contribution in [0.25, 0.3) is 9.88 Å². The molecule has 0 aliphatic carbocycles. The number of thiophene rings is 1. The van der Waals surface area contributed by atoms with E-state index in [1.165, 1.54) is 15.3 Å². The van der Waals surface area contributed by atoms with Crippen LogP contribution in [-0.2, 0) is 6.42 Å². The van der Waals surface area contributed by atoms with E-state index in [1.54, 1.807) is 11.3 Å². The Labute approximate surface area is 129 Å². The Morgan fingerprint density at radius 2 is 2.00 bits per heavy atom. The first-order chi connectivity index (χ1) is 9.56. The molecule has 0 fully saturated rings. The van der Waals surface area contributed by atoms with Crippen molar-refractivity contribution in [2.75, 3.05) is 13.1 Å². The van der Waals surface area contributed by atoms with Gasteiger partial charge in [-0.15, -0.1) is 21.5 Å². The van der Waals surface area contributed by atoms with Crippen molar-refractivity contribution in [1.82, 2.24) is 15.5 Å². The average Bonchev–Trinajstić information content (AvgIpc) is 2.97. The van der Waals surface area contributed by atoms with Crippen molar-refractivity contribution >= 4 is 22.7 Å². The number of hydrogen-bond donors (Lipinski definition) is 1. The maximum Gasteiger partial charge on any atom is 0.157 e. The van der Waals surface area contributed by atoms with Crippen LogP contribution in [0.1, 0.15) is 35.7 Å². The fraction of sp³-hybridized carbons (Fsp3) is 0.600. The lowest BCUT2D eigenvalue weighted by molar-refractivity contribution is 0.542. The number of nitrogens with one attached hydrogen (secondary N) is 1. The Kier molecular flexibility index (Phi) is 5.69. The lowest BCUT2D eigenvalue weighted by Gasteiger charge is -2.05. The minimum absolute atomic E-state index is 0.716. The van der Waals surface area contributed by atoms with E-state index in [9.17, 15) is 0 Å². The molecule has 0 atom stereocenters. The summed E-state index contributed by atoms with van der Waals surface area (Å²) in [5, 5.41) is 14.3. The van der Waals surface area contributed by atoms with Crippen molar-refractivity contribution in [3.05, 3.63) is 21.5 Å². The molecule has 0 unspecified atom stereocenters. The molecule has 2 rings (SSSR count). The fourth-order valence-corrected chi connectivity index (χ4v) is 3.84. The van der Waals surface area contributed by atoms with E-state index in [4.69, 9.17) is 0 Å². The standard InChI is InChI=1S/C15H23N3S2/c1-10(2)9-16-7-5-6-14-17-18-15(20-14)13-8-11(3)12(4)19-13/h8,10,16H,5-7,9H2,1-4H3. The zero-order valence-corrected chi connectivity index (χ0v) is 14.3. The molecule has 5 heteroatoms. The molecule has 2 heterocycles. The summed E-state index contributed by atoms with van der Waals surface area (Å²) >= 11 is 3.54. The first-order valence-corrected chi connectivity index (χ1v) is 8.80. The lowest BCUT2D eigenvalue weighted by Crippen LogP contribution is -2.21. The van der Waals surface area contributed by atoms with E-state index in [1.807, 2.05) is 11.3 Å². The Morgan fingerprint density at radius 1 is 1.20 bits per heavy atom. The van der Waals surface area contributed by atoms with Crippen molar-refractivity contribution in [3.8, 4) is 9.88 Å². The van der Waals surface area contributed by atoms with Gasteiger partial charge in [-0.2, -0.15) is 0 Å². The SMILES string of the molecule is Cc1cc(-c2nnc(CCCNCC(C)C)s2)sc1C. The average molecular weight is 310 g/mol. The first-order valence-electron chi connectivity index (χ1n) is 7.16. The normalized spacial score (nSPS) is 11.4. The number of aromatic nitrogens is 2. The van der Waals surface area contributed by atoms with E-state index in [2.05, 4.69) is 49.3 Å². The van der Waals surface area contributed by atoms with Crippen LogP contribution >= 0.6 is 22.7 Å². The maximum absolute atomic E-state index is 4.33. The molecule has 0 aromatic carbocycles. The van der Waals surface area contributed by atoms with Gasteiger partial charge >= 0.3 is 0 Å². The Balaban J connectivity index is 1.83. The van der Waals surface area contributed by atoms with Gasteiger partial charge in [0.25, 0.3) is 0 Å². The molecule has 1 N–H and O–H groups in total. The highest BCUT2D eigenvalue weighted by molar-refractivity contribution is 7.21. The second kappa shape index (κ2) is 7.29. The van der Waals surface area contributed by atoms with Crippen molar-refractivity contribution in [3.63, 3.8) is 0 Å². The van der Waals surface area contributed by atoms with Gasteiger partial charge in [0, 0.05) is 11.3 Å². The molecule has 0 saturated heterocycles. The number of nitrogens with zero attached hydrogens (tertiary/aromatic N) is 2. The number of hydrogen-bond acceptors (Lipinski definition) is 5. The topological polar surface area (TPSA) is 37.8 Å². The summed E-state index contributed by atoms with van der Waals surface area (Å²) in [6.45, 7) is 10.9. The van der Waals surface area contributed by atoms with Gasteiger partial charge < -0.3 is 5.32 Å². The van der Waals surface area contributed by atoms with Crippen LogP contribution < -0.4 is 5.32 Å². The van der Waals surface area contributed by atoms with Gasteiger partial charge in [0.1, 0.15) is 5.01 Å². The second-order valence-corrected chi connectivity index (χ2v) is 7.87. The lowest BCUT2D eigenvalue weighted by atomic mass is 10.2. The van der Waals surface area contributed by atoms with Gasteiger partial charge in [0.2, 0.25) is 0 Å². The largest absolute Gasteiger partial charge is 0.316 e. The zero-order chi connectivity index (χ0) is 14.5. The summed E-state index contributed by atoms with van der Waals surface area (Å²) < 4.78 is 0. The Morgan fingerprint density at radius 3 is 2.65 bits per heavy atom. The molecule has 0 bridgehead atoms. The smallest absolute Gasteiger partial charge is 0.157 e. The molecule has 0 aliphatic rings. The molecule has 0 aliphatic heterocycles. The van der Waals surface area contributed by atoms with Crippen LogP contribution in [0.15, 0.2) is 6.07 Å².